The number of halogens is 1. The normalized spacial score (nSPS) is 11.4. The molecule has 0 saturated heterocycles. The molecule has 0 aliphatic carbocycles. The van der Waals surface area contributed by atoms with Gasteiger partial charge in [-0.2, -0.15) is 0 Å². The van der Waals surface area contributed by atoms with E-state index in [0.717, 1.165) is 21.9 Å². The lowest BCUT2D eigenvalue weighted by molar-refractivity contribution is -0.145. The highest BCUT2D eigenvalue weighted by atomic mass is 35.5. The number of likely N-dealkylation sites (N-methyl/N-ethyl adjacent to an activating group) is 1. The number of hydrogen-bond acceptors (Lipinski definition) is 6. The molecule has 4 aromatic rings. The van der Waals surface area contributed by atoms with Gasteiger partial charge in [-0.3, -0.25) is 10.1 Å². The van der Waals surface area contributed by atoms with Crippen LogP contribution in [0.3, 0.4) is 0 Å². The maximum absolute atomic E-state index is 13.0. The largest absolute Gasteiger partial charge is 0.461 e. The minimum absolute atomic E-state index is 0.0246. The topological polar surface area (TPSA) is 110 Å². The SMILES string of the molecule is CN(C(=O)NCc1ccccc1Cl)[C@@H](CCC(=O)OCc1ccccc1)COC(=O)Nc1cc2ccccc2cn1. The predicted molar refractivity (Wildman–Crippen MR) is 157 cm³/mol. The number of aromatic nitrogens is 1. The quantitative estimate of drug-likeness (QED) is 0.207. The van der Waals surface area contributed by atoms with Gasteiger partial charge in [-0.1, -0.05) is 84.4 Å². The molecule has 0 saturated carbocycles. The zero-order chi connectivity index (χ0) is 29.0. The molecule has 41 heavy (non-hydrogen) atoms. The van der Waals surface area contributed by atoms with Crippen molar-refractivity contribution < 1.29 is 23.9 Å². The first-order valence-electron chi connectivity index (χ1n) is 13.1. The van der Waals surface area contributed by atoms with Crippen molar-refractivity contribution in [3.8, 4) is 0 Å². The zero-order valence-electron chi connectivity index (χ0n) is 22.6. The third kappa shape index (κ3) is 8.94. The van der Waals surface area contributed by atoms with Crippen molar-refractivity contribution in [3.05, 3.63) is 107 Å². The molecule has 4 rings (SSSR count). The highest BCUT2D eigenvalue weighted by Crippen LogP contribution is 2.17. The Morgan fingerprint density at radius 1 is 0.927 bits per heavy atom. The molecule has 9 nitrogen and oxygen atoms in total. The van der Waals surface area contributed by atoms with Crippen molar-refractivity contribution in [2.24, 2.45) is 0 Å². The number of pyridine rings is 1. The Bertz CT molecular complexity index is 1480. The van der Waals surface area contributed by atoms with Crippen LogP contribution in [0.15, 0.2) is 91.1 Å². The van der Waals surface area contributed by atoms with Crippen molar-refractivity contribution in [1.29, 1.82) is 0 Å². The summed E-state index contributed by atoms with van der Waals surface area (Å²) in [5, 5.41) is 7.83. The Morgan fingerprint density at radius 2 is 1.63 bits per heavy atom. The molecule has 2 N–H and O–H groups in total. The lowest BCUT2D eigenvalue weighted by atomic mass is 10.1. The molecule has 1 aromatic heterocycles. The summed E-state index contributed by atoms with van der Waals surface area (Å²) >= 11 is 6.21. The van der Waals surface area contributed by atoms with E-state index < -0.39 is 24.1 Å². The third-order valence-electron chi connectivity index (χ3n) is 6.45. The third-order valence-corrected chi connectivity index (χ3v) is 6.82. The van der Waals surface area contributed by atoms with Crippen molar-refractivity contribution >= 4 is 46.3 Å². The van der Waals surface area contributed by atoms with Crippen molar-refractivity contribution in [2.75, 3.05) is 19.0 Å². The van der Waals surface area contributed by atoms with Crippen LogP contribution >= 0.6 is 11.6 Å². The summed E-state index contributed by atoms with van der Waals surface area (Å²) < 4.78 is 10.8. The second-order valence-electron chi connectivity index (χ2n) is 9.34. The number of ether oxygens (including phenoxy) is 2. The lowest BCUT2D eigenvalue weighted by Gasteiger charge is -2.28. The number of amides is 3. The molecular weight excluding hydrogens is 544 g/mol. The molecule has 0 radical (unpaired) electrons. The number of carbonyl (C=O) groups excluding carboxylic acids is 3. The van der Waals surface area contributed by atoms with Crippen LogP contribution in [0.4, 0.5) is 15.4 Å². The fourth-order valence-electron chi connectivity index (χ4n) is 4.05. The minimum Gasteiger partial charge on any atom is -0.461 e. The van der Waals surface area contributed by atoms with Gasteiger partial charge in [-0.05, 0) is 35.1 Å². The molecule has 1 heterocycles. The number of benzene rings is 3. The maximum atomic E-state index is 13.0. The minimum atomic E-state index is -0.727. The van der Waals surface area contributed by atoms with Gasteiger partial charge in [0.1, 0.15) is 19.0 Å². The fourth-order valence-corrected chi connectivity index (χ4v) is 4.25. The van der Waals surface area contributed by atoms with Crippen molar-refractivity contribution in [1.82, 2.24) is 15.2 Å². The number of rotatable bonds is 11. The molecule has 3 amide bonds. The number of esters is 1. The number of carbonyl (C=O) groups is 3. The van der Waals surface area contributed by atoms with Crippen LogP contribution in [0.2, 0.25) is 5.02 Å². The smallest absolute Gasteiger partial charge is 0.412 e. The van der Waals surface area contributed by atoms with Gasteiger partial charge in [0, 0.05) is 36.6 Å². The van der Waals surface area contributed by atoms with Crippen LogP contribution < -0.4 is 10.6 Å². The van der Waals surface area contributed by atoms with E-state index in [2.05, 4.69) is 15.6 Å². The maximum Gasteiger partial charge on any atom is 0.412 e. The van der Waals surface area contributed by atoms with Crippen LogP contribution in [-0.4, -0.2) is 47.7 Å². The first-order chi connectivity index (χ1) is 19.9. The Hall–Kier alpha value is -4.63. The summed E-state index contributed by atoms with van der Waals surface area (Å²) in [5.41, 5.74) is 1.63. The van der Waals surface area contributed by atoms with Gasteiger partial charge in [0.05, 0.1) is 6.04 Å². The van der Waals surface area contributed by atoms with Crippen LogP contribution in [0.1, 0.15) is 24.0 Å². The van der Waals surface area contributed by atoms with Crippen molar-refractivity contribution in [3.63, 3.8) is 0 Å². The summed E-state index contributed by atoms with van der Waals surface area (Å²) in [5.74, 6) is -0.0888. The van der Waals surface area contributed by atoms with E-state index in [1.54, 1.807) is 25.4 Å². The molecule has 0 bridgehead atoms. The van der Waals surface area contributed by atoms with Crippen LogP contribution in [0.5, 0.6) is 0 Å². The molecule has 3 aromatic carbocycles. The second kappa shape index (κ2) is 14.7. The summed E-state index contributed by atoms with van der Waals surface area (Å²) in [4.78, 5) is 43.7. The first kappa shape index (κ1) is 29.4. The van der Waals surface area contributed by atoms with Gasteiger partial charge < -0.3 is 19.7 Å². The summed E-state index contributed by atoms with van der Waals surface area (Å²) in [7, 11) is 1.58. The first-order valence-corrected chi connectivity index (χ1v) is 13.5. The molecule has 0 spiro atoms. The van der Waals surface area contributed by atoms with Crippen LogP contribution in [0.25, 0.3) is 10.8 Å². The number of fused-ring (bicyclic) bond motifs is 1. The standard InChI is InChI=1S/C31H31ClN4O5/c1-36(30(38)34-19-25-13-7-8-14-27(25)32)26(15-16-29(37)40-20-22-9-3-2-4-10-22)21-41-31(39)35-28-17-23-11-5-6-12-24(23)18-33-28/h2-14,17-18,26H,15-16,19-21H2,1H3,(H,34,38)(H,33,35,39)/t26-/m0/s1. The van der Waals surface area contributed by atoms with Crippen LogP contribution in [0, 0.1) is 0 Å². The van der Waals surface area contributed by atoms with Gasteiger partial charge in [-0.15, -0.1) is 0 Å². The van der Waals surface area contributed by atoms with Gasteiger partial charge in [0.15, 0.2) is 0 Å². The Balaban J connectivity index is 1.35. The van der Waals surface area contributed by atoms with Crippen molar-refractivity contribution in [2.45, 2.75) is 32.0 Å². The van der Waals surface area contributed by atoms with E-state index in [4.69, 9.17) is 21.1 Å². The van der Waals surface area contributed by atoms with E-state index in [9.17, 15) is 14.4 Å². The van der Waals surface area contributed by atoms with E-state index >= 15 is 0 Å². The predicted octanol–water partition coefficient (Wildman–Crippen LogP) is 6.17. The molecule has 0 aliphatic heterocycles. The van der Waals surface area contributed by atoms with E-state index in [1.165, 1.54) is 4.90 Å². The Morgan fingerprint density at radius 3 is 2.41 bits per heavy atom. The number of anilines is 1. The average Bonchev–Trinajstić information content (AvgIpc) is 2.99. The summed E-state index contributed by atoms with van der Waals surface area (Å²) in [6, 6.07) is 24.9. The summed E-state index contributed by atoms with van der Waals surface area (Å²) in [6.45, 7) is 0.210. The Labute approximate surface area is 243 Å². The summed E-state index contributed by atoms with van der Waals surface area (Å²) in [6.07, 6.45) is 1.17. The molecule has 0 aliphatic rings. The van der Waals surface area contributed by atoms with E-state index in [1.807, 2.05) is 72.8 Å². The van der Waals surface area contributed by atoms with Gasteiger partial charge in [-0.25, -0.2) is 14.6 Å². The molecule has 0 fully saturated rings. The van der Waals surface area contributed by atoms with E-state index in [0.29, 0.717) is 10.8 Å². The van der Waals surface area contributed by atoms with Crippen LogP contribution in [-0.2, 0) is 27.4 Å². The van der Waals surface area contributed by atoms with Gasteiger partial charge in [0.25, 0.3) is 0 Å². The monoisotopic (exact) mass is 574 g/mol. The highest BCUT2D eigenvalue weighted by Gasteiger charge is 2.23. The van der Waals surface area contributed by atoms with Gasteiger partial charge in [0.2, 0.25) is 0 Å². The highest BCUT2D eigenvalue weighted by molar-refractivity contribution is 6.31. The molecule has 0 unspecified atom stereocenters. The van der Waals surface area contributed by atoms with Gasteiger partial charge >= 0.3 is 18.1 Å². The molecule has 1 atom stereocenters. The average molecular weight is 575 g/mol. The molecule has 10 heteroatoms. The number of nitrogens with zero attached hydrogens (tertiary/aromatic N) is 2. The fraction of sp³-hybridized carbons (Fsp3) is 0.226. The molecule has 212 valence electrons. The number of nitrogens with one attached hydrogen (secondary N) is 2. The molecular formula is C31H31ClN4O5. The lowest BCUT2D eigenvalue weighted by Crippen LogP contribution is -2.46. The zero-order valence-corrected chi connectivity index (χ0v) is 23.3. The van der Waals surface area contributed by atoms with E-state index in [-0.39, 0.29) is 32.6 Å². The number of urea groups is 1. The number of hydrogen-bond donors (Lipinski definition) is 2. The Kier molecular flexibility index (Phi) is 10.5. The second-order valence-corrected chi connectivity index (χ2v) is 9.75.